The van der Waals surface area contributed by atoms with Gasteiger partial charge in [0.1, 0.15) is 11.6 Å². The zero-order valence-corrected chi connectivity index (χ0v) is 19.9. The predicted octanol–water partition coefficient (Wildman–Crippen LogP) is -5.31. The van der Waals surface area contributed by atoms with Crippen LogP contribution in [0.2, 0.25) is 0 Å². The van der Waals surface area contributed by atoms with E-state index in [0.29, 0.717) is 0 Å². The molecule has 0 bridgehead atoms. The van der Waals surface area contributed by atoms with Gasteiger partial charge in [-0.1, -0.05) is 0 Å². The number of nitrogens with one attached hydrogen (secondary N) is 11. The Balaban J connectivity index is 0.000000246. The Hall–Kier alpha value is -6.35. The van der Waals surface area contributed by atoms with Crippen molar-refractivity contribution in [2.24, 2.45) is 0 Å². The molecule has 0 amide bonds. The van der Waals surface area contributed by atoms with E-state index in [1.165, 1.54) is 0 Å². The third-order valence-electron chi connectivity index (χ3n) is 3.31. The summed E-state index contributed by atoms with van der Waals surface area (Å²) in [6.45, 7) is 3.83. The fourth-order valence-electron chi connectivity index (χ4n) is 1.90. The van der Waals surface area contributed by atoms with Crippen LogP contribution >= 0.6 is 0 Å². The quantitative estimate of drug-likeness (QED) is 0.0862. The summed E-state index contributed by atoms with van der Waals surface area (Å²) >= 11 is 0. The van der Waals surface area contributed by atoms with E-state index in [0.717, 1.165) is 11.6 Å². The Labute approximate surface area is 210 Å². The molecular weight excluding hydrogens is 530 g/mol. The average molecular weight is 551 g/mol. The second-order valence-electron chi connectivity index (χ2n) is 6.44. The minimum Gasteiger partial charge on any atom is -0.349 e. The number of aromatic nitrogens is 13. The van der Waals surface area contributed by atoms with E-state index in [-0.39, 0.29) is 0 Å². The number of nitrogens with zero attached hydrogens (tertiary/aromatic N) is 2. The van der Waals surface area contributed by atoms with Crippen molar-refractivity contribution in [3.05, 3.63) is 131 Å². The third kappa shape index (κ3) is 14.6. The van der Waals surface area contributed by atoms with Gasteiger partial charge in [-0.25, -0.2) is 53.1 Å². The summed E-state index contributed by atoms with van der Waals surface area (Å²) in [5.74, 6) is 1.94. The van der Waals surface area contributed by atoms with Crippen LogP contribution in [-0.4, -0.2) is 64.8 Å². The summed E-state index contributed by atoms with van der Waals surface area (Å²) in [6.07, 6.45) is 7.06. The maximum Gasteiger partial charge on any atom is 0.330 e. The number of rotatable bonds is 0. The molecule has 0 spiro atoms. The first-order chi connectivity index (χ1) is 18.3. The first kappa shape index (κ1) is 30.7. The number of hydrogen-bond donors (Lipinski definition) is 11. The van der Waals surface area contributed by atoms with E-state index in [2.05, 4.69) is 19.9 Å². The summed E-state index contributed by atoms with van der Waals surface area (Å²) in [5.41, 5.74) is -7.22. The van der Waals surface area contributed by atoms with Crippen molar-refractivity contribution in [3.8, 4) is 0 Å². The maximum absolute atomic E-state index is 10.2. The van der Waals surface area contributed by atoms with Gasteiger partial charge in [0.05, 0.1) is 0 Å². The summed E-state index contributed by atoms with van der Waals surface area (Å²) in [7, 11) is 0. The molecule has 0 atom stereocenters. The van der Waals surface area contributed by atoms with E-state index in [9.17, 15) is 43.2 Å². The highest BCUT2D eigenvalue weighted by atomic mass is 16.2. The number of H-pyrrole nitrogens is 11. The molecule has 0 aromatic carbocycles. The van der Waals surface area contributed by atoms with Crippen LogP contribution in [0.15, 0.2) is 67.9 Å². The van der Waals surface area contributed by atoms with Crippen LogP contribution in [0.1, 0.15) is 11.6 Å². The largest absolute Gasteiger partial charge is 0.349 e. The van der Waals surface area contributed by atoms with Crippen molar-refractivity contribution in [2.45, 2.75) is 13.8 Å². The molecule has 0 fully saturated rings. The van der Waals surface area contributed by atoms with Gasteiger partial charge in [0.2, 0.25) is 0 Å². The maximum atomic E-state index is 10.2. The van der Waals surface area contributed by atoms with Crippen molar-refractivity contribution in [3.63, 3.8) is 0 Å². The van der Waals surface area contributed by atoms with Crippen LogP contribution in [0, 0.1) is 13.8 Å². The number of aryl methyl sites for hydroxylation is 2. The van der Waals surface area contributed by atoms with Crippen LogP contribution in [0.25, 0.3) is 0 Å². The fourth-order valence-corrected chi connectivity index (χ4v) is 1.90. The Bertz CT molecular complexity index is 1480. The van der Waals surface area contributed by atoms with E-state index < -0.39 is 51.2 Å². The highest BCUT2D eigenvalue weighted by Gasteiger charge is 1.86. The normalized spacial score (nSPS) is 9.18. The molecule has 208 valence electrons. The second-order valence-corrected chi connectivity index (χ2v) is 6.44. The summed E-state index contributed by atoms with van der Waals surface area (Å²) in [6, 6.07) is 0. The summed E-state index contributed by atoms with van der Waals surface area (Å²) in [5, 5.41) is 0. The number of hydrogen-bond acceptors (Lipinski definition) is 11. The van der Waals surface area contributed by atoms with Gasteiger partial charge >= 0.3 is 51.2 Å². The Morgan fingerprint density at radius 1 is 0.385 bits per heavy atom. The Morgan fingerprint density at radius 2 is 0.564 bits per heavy atom. The van der Waals surface area contributed by atoms with Crippen molar-refractivity contribution in [2.75, 3.05) is 0 Å². The highest BCUT2D eigenvalue weighted by molar-refractivity contribution is 4.81. The fraction of sp³-hybridized carbons (Fsp3) is 0.118. The molecule has 0 saturated heterocycles. The minimum absolute atomic E-state index is 0.802. The van der Waals surface area contributed by atoms with E-state index in [1.54, 1.807) is 69.6 Å². The molecule has 0 unspecified atom stereocenters. The van der Waals surface area contributed by atoms with Gasteiger partial charge in [0, 0.05) is 24.8 Å². The molecule has 0 aliphatic carbocycles. The molecule has 11 N–H and O–H groups in total. The van der Waals surface area contributed by atoms with Crippen molar-refractivity contribution < 1.29 is 0 Å². The monoisotopic (exact) mass is 551 g/mol. The highest BCUT2D eigenvalue weighted by Crippen LogP contribution is 1.79. The summed E-state index contributed by atoms with van der Waals surface area (Å²) in [4.78, 5) is 121. The molecule has 5 rings (SSSR count). The van der Waals surface area contributed by atoms with Crippen LogP contribution in [0.5, 0.6) is 0 Å². The van der Waals surface area contributed by atoms with Gasteiger partial charge in [-0.15, -0.1) is 0 Å². The van der Waals surface area contributed by atoms with Crippen LogP contribution in [0.3, 0.4) is 0 Å². The average Bonchev–Trinajstić information content (AvgIpc) is 3.46. The number of aromatic amines is 11. The lowest BCUT2D eigenvalue weighted by atomic mass is 10.8. The molecule has 0 aliphatic rings. The van der Waals surface area contributed by atoms with Gasteiger partial charge < -0.3 is 9.97 Å². The molecule has 5 heterocycles. The first-order valence-corrected chi connectivity index (χ1v) is 10.0. The van der Waals surface area contributed by atoms with Crippen molar-refractivity contribution >= 4 is 0 Å². The minimum atomic E-state index is -0.802. The third-order valence-corrected chi connectivity index (χ3v) is 3.31. The SMILES string of the molecule is Cc1ncc[nH]1.Cc1ncc[nH]1.O=c1[nH]c(=O)[nH]c(=O)[nH]1.O=c1[nH]c(=O)[nH]c(=O)[nH]1.O=c1[nH]c(=O)[nH]c(=O)[nH]1. The van der Waals surface area contributed by atoms with Crippen LogP contribution < -0.4 is 51.2 Å². The topological polar surface area (TPSA) is 353 Å². The van der Waals surface area contributed by atoms with Gasteiger partial charge in [0.15, 0.2) is 0 Å². The summed E-state index contributed by atoms with van der Waals surface area (Å²) < 4.78 is 0. The molecule has 22 nitrogen and oxygen atoms in total. The van der Waals surface area contributed by atoms with E-state index in [1.807, 2.05) is 13.8 Å². The molecule has 5 aromatic rings. The van der Waals surface area contributed by atoms with Gasteiger partial charge in [0.25, 0.3) is 0 Å². The van der Waals surface area contributed by atoms with Gasteiger partial charge in [-0.3, -0.25) is 44.9 Å². The lowest BCUT2D eigenvalue weighted by molar-refractivity contribution is 0.887. The molecular formula is C17H21N13O9. The lowest BCUT2D eigenvalue weighted by Crippen LogP contribution is -2.34. The van der Waals surface area contributed by atoms with Gasteiger partial charge in [-0.2, -0.15) is 0 Å². The van der Waals surface area contributed by atoms with E-state index in [4.69, 9.17) is 0 Å². The first-order valence-electron chi connectivity index (χ1n) is 10.0. The lowest BCUT2D eigenvalue weighted by Gasteiger charge is -1.77. The Morgan fingerprint density at radius 3 is 0.641 bits per heavy atom. The smallest absolute Gasteiger partial charge is 0.330 e. The van der Waals surface area contributed by atoms with Gasteiger partial charge in [-0.05, 0) is 13.8 Å². The van der Waals surface area contributed by atoms with E-state index >= 15 is 0 Å². The molecule has 22 heteroatoms. The predicted molar refractivity (Wildman–Crippen MR) is 132 cm³/mol. The van der Waals surface area contributed by atoms with Crippen LogP contribution in [0.4, 0.5) is 0 Å². The number of imidazole rings is 2. The van der Waals surface area contributed by atoms with Crippen LogP contribution in [-0.2, 0) is 0 Å². The molecule has 0 aliphatic heterocycles. The zero-order valence-electron chi connectivity index (χ0n) is 19.9. The van der Waals surface area contributed by atoms with Crippen molar-refractivity contribution in [1.29, 1.82) is 0 Å². The molecule has 5 aromatic heterocycles. The zero-order chi connectivity index (χ0) is 29.4. The molecule has 0 radical (unpaired) electrons. The van der Waals surface area contributed by atoms with Crippen molar-refractivity contribution in [1.82, 2.24) is 64.8 Å². The Kier molecular flexibility index (Phi) is 12.3. The second kappa shape index (κ2) is 15.6. The molecule has 0 saturated carbocycles. The standard InChI is InChI=1S/2C4H6N2.3C3H3N3O3/c2*1-4-5-2-3-6-4;3*7-1-4-2(8)6-3(9)5-1/h2*2-3H,1H3,(H,5,6);3*(H3,4,5,6,7,8,9). The molecule has 39 heavy (non-hydrogen) atoms.